The predicted octanol–water partition coefficient (Wildman–Crippen LogP) is 2.90. The molecule has 2 atom stereocenters. The number of pyridine rings is 1. The zero-order chi connectivity index (χ0) is 27.3. The Labute approximate surface area is 212 Å². The van der Waals surface area contributed by atoms with E-state index in [2.05, 4.69) is 4.98 Å². The summed E-state index contributed by atoms with van der Waals surface area (Å²) in [6, 6.07) is 5.91. The first kappa shape index (κ1) is 26.9. The molecule has 0 radical (unpaired) electrons. The van der Waals surface area contributed by atoms with Crippen LogP contribution >= 0.6 is 0 Å². The molecule has 0 N–H and O–H groups in total. The summed E-state index contributed by atoms with van der Waals surface area (Å²) in [4.78, 5) is 35.4. The third kappa shape index (κ3) is 5.42. The Hall–Kier alpha value is -3.19. The van der Waals surface area contributed by atoms with Crippen molar-refractivity contribution in [3.63, 3.8) is 0 Å². The van der Waals surface area contributed by atoms with E-state index in [4.69, 9.17) is 4.18 Å². The van der Waals surface area contributed by atoms with Crippen LogP contribution in [0, 0.1) is 19.8 Å². The number of hydrogen-bond donors (Lipinski definition) is 0. The molecular formula is C24H27F3N4O5S. The van der Waals surface area contributed by atoms with Crippen molar-refractivity contribution in [2.24, 2.45) is 5.92 Å². The fraction of sp³-hybridized carbons (Fsp3) is 0.458. The van der Waals surface area contributed by atoms with Gasteiger partial charge in [0.15, 0.2) is 0 Å². The molecule has 2 aromatic rings. The van der Waals surface area contributed by atoms with Crippen molar-refractivity contribution in [2.75, 3.05) is 47.7 Å². The highest BCUT2D eigenvalue weighted by Gasteiger charge is 2.49. The average molecular weight is 541 g/mol. The van der Waals surface area contributed by atoms with Crippen molar-refractivity contribution in [2.45, 2.75) is 32.5 Å². The number of carbonyl (C=O) groups is 2. The van der Waals surface area contributed by atoms with Crippen molar-refractivity contribution in [1.82, 2.24) is 4.98 Å². The molecule has 1 aromatic carbocycles. The van der Waals surface area contributed by atoms with Crippen molar-refractivity contribution in [1.29, 1.82) is 0 Å². The third-order valence-electron chi connectivity index (χ3n) is 6.54. The molecule has 200 valence electrons. The van der Waals surface area contributed by atoms with Gasteiger partial charge in [-0.1, -0.05) is 12.1 Å². The normalized spacial score (nSPS) is 20.6. The van der Waals surface area contributed by atoms with Gasteiger partial charge in [0.25, 0.3) is 10.1 Å². The number of carbonyl (C=O) groups excluding carboxylic acids is 2. The first-order chi connectivity index (χ1) is 17.2. The van der Waals surface area contributed by atoms with Gasteiger partial charge in [-0.2, -0.15) is 21.6 Å². The van der Waals surface area contributed by atoms with Crippen LogP contribution in [0.4, 0.5) is 30.4 Å². The number of benzene rings is 1. The highest BCUT2D eigenvalue weighted by Crippen LogP contribution is 2.41. The fourth-order valence-corrected chi connectivity index (χ4v) is 5.38. The minimum Gasteiger partial charge on any atom is -0.367 e. The topological polar surface area (TPSA) is 100 Å². The number of aromatic nitrogens is 1. The Morgan fingerprint density at radius 1 is 1.16 bits per heavy atom. The number of hydrogen-bond acceptors (Lipinski definition) is 7. The zero-order valence-electron chi connectivity index (χ0n) is 20.7. The molecule has 4 rings (SSSR count). The van der Waals surface area contributed by atoms with Crippen molar-refractivity contribution >= 4 is 39.1 Å². The number of para-hydroxylation sites is 1. The molecule has 1 fully saturated rings. The number of amides is 2. The second kappa shape index (κ2) is 9.60. The number of alkyl halides is 3. The van der Waals surface area contributed by atoms with E-state index in [1.54, 1.807) is 19.2 Å². The molecule has 3 heterocycles. The van der Waals surface area contributed by atoms with Gasteiger partial charge in [0.05, 0.1) is 29.8 Å². The van der Waals surface area contributed by atoms with Gasteiger partial charge in [-0.25, -0.2) is 4.98 Å². The van der Waals surface area contributed by atoms with Gasteiger partial charge in [0.1, 0.15) is 11.9 Å². The van der Waals surface area contributed by atoms with Crippen molar-refractivity contribution < 1.29 is 35.4 Å². The van der Waals surface area contributed by atoms with Crippen LogP contribution in [0.1, 0.15) is 23.2 Å². The van der Waals surface area contributed by atoms with Crippen LogP contribution in [-0.4, -0.2) is 64.3 Å². The molecule has 13 heteroatoms. The predicted molar refractivity (Wildman–Crippen MR) is 131 cm³/mol. The van der Waals surface area contributed by atoms with Gasteiger partial charge in [0, 0.05) is 38.2 Å². The van der Waals surface area contributed by atoms with E-state index in [0.29, 0.717) is 11.4 Å². The standard InChI is InChI=1S/C24H27F3N4O5S/c1-14-6-5-7-18-21(14)30(8-9-36-37(4,34)35)13-16-11-20(32)31(22(16)23(33)29(18)3)19-12-17(24(25,26)27)10-15(2)28-19/h5-7,10,12,16,22H,8-9,11,13H2,1-4H3/t16-,22+/m1/s1. The van der Waals surface area contributed by atoms with Crippen molar-refractivity contribution in [3.8, 4) is 0 Å². The van der Waals surface area contributed by atoms with E-state index in [1.807, 2.05) is 17.9 Å². The fourth-order valence-electron chi connectivity index (χ4n) is 5.00. The maximum Gasteiger partial charge on any atom is 0.416 e. The molecule has 9 nitrogen and oxygen atoms in total. The van der Waals surface area contributed by atoms with Gasteiger partial charge in [-0.05, 0) is 37.6 Å². The van der Waals surface area contributed by atoms with E-state index in [0.717, 1.165) is 28.9 Å². The number of aryl methyl sites for hydroxylation is 2. The van der Waals surface area contributed by atoms with Crippen LogP contribution in [-0.2, 0) is 30.1 Å². The van der Waals surface area contributed by atoms with Crippen LogP contribution in [0.25, 0.3) is 0 Å². The van der Waals surface area contributed by atoms with E-state index in [9.17, 15) is 31.2 Å². The molecule has 37 heavy (non-hydrogen) atoms. The lowest BCUT2D eigenvalue weighted by Crippen LogP contribution is -2.52. The number of nitrogens with zero attached hydrogens (tertiary/aromatic N) is 4. The molecule has 0 bridgehead atoms. The monoisotopic (exact) mass is 540 g/mol. The number of likely N-dealkylation sites (N-methyl/N-ethyl adjacent to an activating group) is 1. The Balaban J connectivity index is 1.79. The lowest BCUT2D eigenvalue weighted by Gasteiger charge is -2.39. The summed E-state index contributed by atoms with van der Waals surface area (Å²) in [5, 5.41) is 0. The van der Waals surface area contributed by atoms with Crippen LogP contribution < -0.4 is 14.7 Å². The van der Waals surface area contributed by atoms with Crippen LogP contribution in [0.3, 0.4) is 0 Å². The van der Waals surface area contributed by atoms with E-state index in [1.165, 1.54) is 11.8 Å². The summed E-state index contributed by atoms with van der Waals surface area (Å²) >= 11 is 0. The average Bonchev–Trinajstić information content (AvgIpc) is 3.10. The molecule has 2 aliphatic heterocycles. The summed E-state index contributed by atoms with van der Waals surface area (Å²) in [6.45, 7) is 3.40. The Morgan fingerprint density at radius 2 is 1.86 bits per heavy atom. The Kier molecular flexibility index (Phi) is 6.97. The zero-order valence-corrected chi connectivity index (χ0v) is 21.6. The van der Waals surface area contributed by atoms with Gasteiger partial charge >= 0.3 is 6.18 Å². The molecule has 1 saturated heterocycles. The van der Waals surface area contributed by atoms with Gasteiger partial charge in [-0.3, -0.25) is 18.7 Å². The number of fused-ring (bicyclic) bond motifs is 2. The highest BCUT2D eigenvalue weighted by molar-refractivity contribution is 7.85. The Morgan fingerprint density at radius 3 is 2.51 bits per heavy atom. The summed E-state index contributed by atoms with van der Waals surface area (Å²) in [6.07, 6.45) is -3.80. The Bertz CT molecular complexity index is 1350. The van der Waals surface area contributed by atoms with E-state index < -0.39 is 45.6 Å². The van der Waals surface area contributed by atoms with Crippen LogP contribution in [0.2, 0.25) is 0 Å². The molecule has 2 amide bonds. The lowest BCUT2D eigenvalue weighted by molar-refractivity contribution is -0.137. The summed E-state index contributed by atoms with van der Waals surface area (Å²) in [5.74, 6) is -1.79. The second-order valence-corrected chi connectivity index (χ2v) is 11.0. The largest absolute Gasteiger partial charge is 0.416 e. The summed E-state index contributed by atoms with van der Waals surface area (Å²) < 4.78 is 68.5. The smallest absolute Gasteiger partial charge is 0.367 e. The van der Waals surface area contributed by atoms with Gasteiger partial charge in [-0.15, -0.1) is 0 Å². The maximum atomic E-state index is 13.8. The molecule has 0 unspecified atom stereocenters. The molecule has 0 saturated carbocycles. The molecule has 0 spiro atoms. The SMILES string of the molecule is Cc1cc(C(F)(F)F)cc(N2C(=O)C[C@@H]3CN(CCOS(C)(=O)=O)c4c(C)cccc4N(C)C(=O)[C@H]32)n1. The number of rotatable bonds is 5. The minimum atomic E-state index is -4.65. The quantitative estimate of drug-likeness (QED) is 0.538. The number of anilines is 3. The van der Waals surface area contributed by atoms with E-state index in [-0.39, 0.29) is 37.6 Å². The second-order valence-electron chi connectivity index (χ2n) is 9.34. The number of halogens is 3. The summed E-state index contributed by atoms with van der Waals surface area (Å²) in [7, 11) is -2.15. The highest BCUT2D eigenvalue weighted by atomic mass is 32.2. The van der Waals surface area contributed by atoms with Gasteiger partial charge in [0.2, 0.25) is 11.8 Å². The molecule has 2 aliphatic rings. The van der Waals surface area contributed by atoms with Gasteiger partial charge < -0.3 is 9.80 Å². The van der Waals surface area contributed by atoms with Crippen molar-refractivity contribution in [3.05, 3.63) is 47.2 Å². The lowest BCUT2D eigenvalue weighted by atomic mass is 9.95. The first-order valence-electron chi connectivity index (χ1n) is 11.5. The third-order valence-corrected chi connectivity index (χ3v) is 7.13. The van der Waals surface area contributed by atoms with Crippen LogP contribution in [0.15, 0.2) is 30.3 Å². The van der Waals surface area contributed by atoms with Crippen LogP contribution in [0.5, 0.6) is 0 Å². The summed E-state index contributed by atoms with van der Waals surface area (Å²) in [5.41, 5.74) is 1.14. The maximum absolute atomic E-state index is 13.8. The molecular weight excluding hydrogens is 513 g/mol. The molecule has 0 aliphatic carbocycles. The molecule has 1 aromatic heterocycles. The minimum absolute atomic E-state index is 0.0632. The van der Waals surface area contributed by atoms with E-state index >= 15 is 0 Å². The first-order valence-corrected chi connectivity index (χ1v) is 13.3.